The maximum Gasteiger partial charge on any atom is 0.328 e. The molecule has 0 aliphatic rings. The van der Waals surface area contributed by atoms with E-state index in [0.29, 0.717) is 5.69 Å². The number of amides is 1. The molecule has 0 aliphatic heterocycles. The molecule has 1 rings (SSSR count). The van der Waals surface area contributed by atoms with Crippen LogP contribution in [0.4, 0.5) is 4.39 Å². The third-order valence-electron chi connectivity index (χ3n) is 2.36. The number of nitrogens with one attached hydrogen (secondary N) is 1. The SMILES string of the molecule is Cc1ccc(C(=O)NC(CF)C(=O)O)n1C. The zero-order chi connectivity index (χ0) is 12.3. The lowest BCUT2D eigenvalue weighted by Crippen LogP contribution is -2.42. The average Bonchev–Trinajstić information content (AvgIpc) is 2.55. The second-order valence-electron chi connectivity index (χ2n) is 3.44. The van der Waals surface area contributed by atoms with Gasteiger partial charge in [0.2, 0.25) is 0 Å². The smallest absolute Gasteiger partial charge is 0.328 e. The summed E-state index contributed by atoms with van der Waals surface area (Å²) in [5.74, 6) is -1.98. The first-order valence-corrected chi connectivity index (χ1v) is 4.69. The van der Waals surface area contributed by atoms with E-state index in [2.05, 4.69) is 5.32 Å². The Kier molecular flexibility index (Phi) is 3.65. The number of carbonyl (C=O) groups is 2. The van der Waals surface area contributed by atoms with E-state index in [4.69, 9.17) is 5.11 Å². The molecular weight excluding hydrogens is 215 g/mol. The van der Waals surface area contributed by atoms with E-state index in [1.54, 1.807) is 30.7 Å². The highest BCUT2D eigenvalue weighted by Crippen LogP contribution is 2.05. The van der Waals surface area contributed by atoms with E-state index in [0.717, 1.165) is 5.69 Å². The van der Waals surface area contributed by atoms with Gasteiger partial charge in [0.1, 0.15) is 12.4 Å². The molecule has 0 saturated heterocycles. The lowest BCUT2D eigenvalue weighted by atomic mass is 10.3. The van der Waals surface area contributed by atoms with Crippen molar-refractivity contribution in [2.45, 2.75) is 13.0 Å². The number of aromatic nitrogens is 1. The summed E-state index contributed by atoms with van der Waals surface area (Å²) in [5.41, 5.74) is 1.16. The summed E-state index contributed by atoms with van der Waals surface area (Å²) in [6, 6.07) is 1.78. The van der Waals surface area contributed by atoms with Crippen LogP contribution in [0.3, 0.4) is 0 Å². The van der Waals surface area contributed by atoms with Crippen LogP contribution in [-0.2, 0) is 11.8 Å². The van der Waals surface area contributed by atoms with Gasteiger partial charge in [-0.3, -0.25) is 4.79 Å². The Labute approximate surface area is 91.9 Å². The van der Waals surface area contributed by atoms with E-state index in [-0.39, 0.29) is 0 Å². The van der Waals surface area contributed by atoms with Gasteiger partial charge in [-0.25, -0.2) is 9.18 Å². The third kappa shape index (κ3) is 2.39. The first-order valence-electron chi connectivity index (χ1n) is 4.69. The second-order valence-corrected chi connectivity index (χ2v) is 3.44. The zero-order valence-electron chi connectivity index (χ0n) is 9.03. The summed E-state index contributed by atoms with van der Waals surface area (Å²) in [5, 5.41) is 10.7. The Bertz CT molecular complexity index is 414. The van der Waals surface area contributed by atoms with Gasteiger partial charge in [-0.15, -0.1) is 0 Å². The Morgan fingerprint density at radius 1 is 1.56 bits per heavy atom. The van der Waals surface area contributed by atoms with E-state index in [1.165, 1.54) is 0 Å². The monoisotopic (exact) mass is 228 g/mol. The molecule has 0 radical (unpaired) electrons. The highest BCUT2D eigenvalue weighted by atomic mass is 19.1. The van der Waals surface area contributed by atoms with Crippen molar-refractivity contribution in [3.05, 3.63) is 23.5 Å². The first-order chi connectivity index (χ1) is 7.47. The van der Waals surface area contributed by atoms with Gasteiger partial charge in [-0.1, -0.05) is 0 Å². The van der Waals surface area contributed by atoms with E-state index in [9.17, 15) is 14.0 Å². The van der Waals surface area contributed by atoms with Crippen LogP contribution in [-0.4, -0.2) is 34.3 Å². The number of aliphatic carboxylic acids is 1. The molecular formula is C10H13FN2O3. The fraction of sp³-hybridized carbons (Fsp3) is 0.400. The highest BCUT2D eigenvalue weighted by molar-refractivity contribution is 5.95. The van der Waals surface area contributed by atoms with Crippen molar-refractivity contribution in [3.63, 3.8) is 0 Å². The van der Waals surface area contributed by atoms with Gasteiger partial charge >= 0.3 is 5.97 Å². The molecule has 0 spiro atoms. The fourth-order valence-electron chi connectivity index (χ4n) is 1.24. The van der Waals surface area contributed by atoms with Gasteiger partial charge in [0.15, 0.2) is 6.04 Å². The molecule has 0 aliphatic carbocycles. The van der Waals surface area contributed by atoms with Gasteiger partial charge in [0.25, 0.3) is 5.91 Å². The maximum absolute atomic E-state index is 12.3. The molecule has 1 heterocycles. The van der Waals surface area contributed by atoms with Crippen LogP contribution >= 0.6 is 0 Å². The summed E-state index contributed by atoms with van der Waals surface area (Å²) in [4.78, 5) is 22.1. The van der Waals surface area contributed by atoms with Gasteiger partial charge in [0, 0.05) is 12.7 Å². The number of rotatable bonds is 4. The lowest BCUT2D eigenvalue weighted by molar-refractivity contribution is -0.139. The number of nitrogens with zero attached hydrogens (tertiary/aromatic N) is 1. The molecule has 16 heavy (non-hydrogen) atoms. The van der Waals surface area contributed by atoms with Gasteiger partial charge < -0.3 is 15.0 Å². The van der Waals surface area contributed by atoms with Crippen molar-refractivity contribution in [1.29, 1.82) is 0 Å². The Hall–Kier alpha value is -1.85. The van der Waals surface area contributed by atoms with Crippen LogP contribution in [0, 0.1) is 6.92 Å². The normalized spacial score (nSPS) is 12.2. The Morgan fingerprint density at radius 3 is 2.56 bits per heavy atom. The van der Waals surface area contributed by atoms with E-state index >= 15 is 0 Å². The van der Waals surface area contributed by atoms with Gasteiger partial charge in [-0.2, -0.15) is 0 Å². The van der Waals surface area contributed by atoms with Crippen LogP contribution in [0.2, 0.25) is 0 Å². The van der Waals surface area contributed by atoms with Crippen molar-refractivity contribution < 1.29 is 19.1 Å². The molecule has 1 amide bonds. The first kappa shape index (κ1) is 12.2. The van der Waals surface area contributed by atoms with Crippen molar-refractivity contribution in [3.8, 4) is 0 Å². The molecule has 0 saturated carbocycles. The number of hydrogen-bond donors (Lipinski definition) is 2. The number of halogens is 1. The standard InChI is InChI=1S/C10H13FN2O3/c1-6-3-4-8(13(6)2)9(14)12-7(5-11)10(15)16/h3-4,7H,5H2,1-2H3,(H,12,14)(H,15,16). The van der Waals surface area contributed by atoms with Gasteiger partial charge in [0.05, 0.1) is 0 Å². The maximum atomic E-state index is 12.3. The minimum Gasteiger partial charge on any atom is -0.480 e. The number of carboxylic acid groups (broad SMARTS) is 1. The molecule has 0 fully saturated rings. The number of aryl methyl sites for hydroxylation is 1. The quantitative estimate of drug-likeness (QED) is 0.787. The summed E-state index contributed by atoms with van der Waals surface area (Å²) in [7, 11) is 1.68. The van der Waals surface area contributed by atoms with E-state index in [1.807, 2.05) is 0 Å². The van der Waals surface area contributed by atoms with Crippen LogP contribution in [0.5, 0.6) is 0 Å². The van der Waals surface area contributed by atoms with Crippen molar-refractivity contribution >= 4 is 11.9 Å². The second kappa shape index (κ2) is 4.78. The van der Waals surface area contributed by atoms with Crippen LogP contribution in [0.1, 0.15) is 16.2 Å². The predicted molar refractivity (Wildman–Crippen MR) is 55.0 cm³/mol. The van der Waals surface area contributed by atoms with Crippen molar-refractivity contribution in [2.24, 2.45) is 7.05 Å². The largest absolute Gasteiger partial charge is 0.480 e. The van der Waals surface area contributed by atoms with E-state index < -0.39 is 24.6 Å². The minimum atomic E-state index is -1.50. The van der Waals surface area contributed by atoms with Gasteiger partial charge in [-0.05, 0) is 19.1 Å². The molecule has 0 bridgehead atoms. The van der Waals surface area contributed by atoms with Crippen molar-refractivity contribution in [2.75, 3.05) is 6.67 Å². The van der Waals surface area contributed by atoms with Crippen molar-refractivity contribution in [1.82, 2.24) is 9.88 Å². The summed E-state index contributed by atoms with van der Waals surface area (Å²) in [6.07, 6.45) is 0. The molecule has 1 aromatic rings. The molecule has 6 heteroatoms. The average molecular weight is 228 g/mol. The fourth-order valence-corrected chi connectivity index (χ4v) is 1.24. The Balaban J connectivity index is 2.80. The van der Waals surface area contributed by atoms with Crippen LogP contribution in [0.15, 0.2) is 12.1 Å². The molecule has 88 valence electrons. The molecule has 2 N–H and O–H groups in total. The number of alkyl halides is 1. The predicted octanol–water partition coefficient (Wildman–Crippen LogP) is 0.486. The summed E-state index contributed by atoms with van der Waals surface area (Å²) < 4.78 is 13.9. The molecule has 5 nitrogen and oxygen atoms in total. The molecule has 0 aromatic carbocycles. The van der Waals surface area contributed by atoms with Crippen LogP contribution < -0.4 is 5.32 Å². The topological polar surface area (TPSA) is 71.3 Å². The highest BCUT2D eigenvalue weighted by Gasteiger charge is 2.21. The summed E-state index contributed by atoms with van der Waals surface area (Å²) in [6.45, 7) is 0.672. The number of carbonyl (C=O) groups excluding carboxylic acids is 1. The molecule has 1 atom stereocenters. The Morgan fingerprint density at radius 2 is 2.19 bits per heavy atom. The molecule has 1 unspecified atom stereocenters. The number of hydrogen-bond acceptors (Lipinski definition) is 2. The lowest BCUT2D eigenvalue weighted by Gasteiger charge is -2.11. The minimum absolute atomic E-state index is 0.303. The molecule has 1 aromatic heterocycles. The number of carboxylic acids is 1. The summed E-state index contributed by atoms with van der Waals surface area (Å²) >= 11 is 0. The van der Waals surface area contributed by atoms with Crippen LogP contribution in [0.25, 0.3) is 0 Å². The third-order valence-corrected chi connectivity index (χ3v) is 2.36. The zero-order valence-corrected chi connectivity index (χ0v) is 9.03.